The minimum Gasteiger partial charge on any atom is -0.497 e. The van der Waals surface area contributed by atoms with E-state index in [0.29, 0.717) is 16.5 Å². The molecule has 0 spiro atoms. The number of thiophene rings is 1. The van der Waals surface area contributed by atoms with E-state index < -0.39 is 17.4 Å². The quantitative estimate of drug-likeness (QED) is 0.353. The molecule has 0 fully saturated rings. The van der Waals surface area contributed by atoms with Crippen molar-refractivity contribution in [3.8, 4) is 11.4 Å². The minimum atomic E-state index is -0.689. The van der Waals surface area contributed by atoms with Gasteiger partial charge in [-0.1, -0.05) is 23.2 Å². The highest BCUT2D eigenvalue weighted by molar-refractivity contribution is 7.16. The van der Waals surface area contributed by atoms with E-state index in [2.05, 4.69) is 10.4 Å². The zero-order valence-electron chi connectivity index (χ0n) is 17.9. The molecule has 174 valence electrons. The number of rotatable bonds is 6. The molecule has 4 aromatic rings. The molecular formula is C23H17Cl2N3O5S. The normalized spacial score (nSPS) is 10.8. The number of methoxy groups -OCH3 is 1. The van der Waals surface area contributed by atoms with Crippen LogP contribution < -0.4 is 15.6 Å². The van der Waals surface area contributed by atoms with Crippen molar-refractivity contribution in [2.75, 3.05) is 19.0 Å². The van der Waals surface area contributed by atoms with Crippen LogP contribution in [0.1, 0.15) is 27.8 Å². The summed E-state index contributed by atoms with van der Waals surface area (Å²) in [5.74, 6) is -0.631. The zero-order valence-corrected chi connectivity index (χ0v) is 20.3. The lowest BCUT2D eigenvalue weighted by atomic mass is 10.2. The summed E-state index contributed by atoms with van der Waals surface area (Å²) in [5, 5.41) is 9.74. The third-order valence-electron chi connectivity index (χ3n) is 4.84. The van der Waals surface area contributed by atoms with E-state index in [4.69, 9.17) is 32.7 Å². The summed E-state index contributed by atoms with van der Waals surface area (Å²) in [5.41, 5.74) is 0.0192. The van der Waals surface area contributed by atoms with Crippen molar-refractivity contribution in [2.24, 2.45) is 0 Å². The average molecular weight is 518 g/mol. The Kier molecular flexibility index (Phi) is 6.87. The highest BCUT2D eigenvalue weighted by Crippen LogP contribution is 2.32. The molecule has 2 heterocycles. The van der Waals surface area contributed by atoms with Crippen molar-refractivity contribution in [1.82, 2.24) is 9.78 Å². The molecular weight excluding hydrogens is 501 g/mol. The Morgan fingerprint density at radius 2 is 1.88 bits per heavy atom. The number of amides is 1. The molecule has 0 bridgehead atoms. The van der Waals surface area contributed by atoms with Gasteiger partial charge < -0.3 is 14.8 Å². The number of fused-ring (bicyclic) bond motifs is 1. The van der Waals surface area contributed by atoms with E-state index in [9.17, 15) is 14.4 Å². The summed E-state index contributed by atoms with van der Waals surface area (Å²) < 4.78 is 11.4. The topological polar surface area (TPSA) is 99.5 Å². The lowest BCUT2D eigenvalue weighted by molar-refractivity contribution is 0.0520. The number of carbonyl (C=O) groups is 2. The van der Waals surface area contributed by atoms with E-state index in [-0.39, 0.29) is 38.7 Å². The molecule has 1 amide bonds. The Morgan fingerprint density at radius 1 is 1.15 bits per heavy atom. The van der Waals surface area contributed by atoms with Gasteiger partial charge in [-0.05, 0) is 49.4 Å². The molecule has 8 nitrogen and oxygen atoms in total. The van der Waals surface area contributed by atoms with Gasteiger partial charge >= 0.3 is 5.97 Å². The van der Waals surface area contributed by atoms with Gasteiger partial charge in [-0.25, -0.2) is 4.79 Å². The number of aromatic nitrogens is 2. The second kappa shape index (κ2) is 9.84. The van der Waals surface area contributed by atoms with E-state index >= 15 is 0 Å². The molecule has 0 aliphatic rings. The van der Waals surface area contributed by atoms with Gasteiger partial charge in [-0.2, -0.15) is 9.78 Å². The van der Waals surface area contributed by atoms with Crippen LogP contribution in [0.4, 0.5) is 5.00 Å². The number of nitrogens with zero attached hydrogens (tertiary/aromatic N) is 2. The molecule has 0 aliphatic carbocycles. The molecule has 11 heteroatoms. The molecule has 2 aromatic carbocycles. The van der Waals surface area contributed by atoms with Crippen LogP contribution in [-0.4, -0.2) is 35.4 Å². The van der Waals surface area contributed by atoms with Crippen molar-refractivity contribution >= 4 is 62.2 Å². The van der Waals surface area contributed by atoms with E-state index in [1.807, 2.05) is 0 Å². The molecule has 1 N–H and O–H groups in total. The zero-order chi connectivity index (χ0) is 24.4. The molecule has 0 saturated heterocycles. The third kappa shape index (κ3) is 4.50. The van der Waals surface area contributed by atoms with Crippen molar-refractivity contribution < 1.29 is 19.1 Å². The van der Waals surface area contributed by atoms with Crippen molar-refractivity contribution in [1.29, 1.82) is 0 Å². The molecule has 0 radical (unpaired) electrons. The van der Waals surface area contributed by atoms with Gasteiger partial charge in [0, 0.05) is 15.8 Å². The number of ether oxygens (including phenoxy) is 2. The molecule has 0 atom stereocenters. The molecule has 4 rings (SSSR count). The second-order valence-electron chi connectivity index (χ2n) is 6.92. The maximum atomic E-state index is 13.5. The summed E-state index contributed by atoms with van der Waals surface area (Å²) in [6.45, 7) is 1.80. The number of benzene rings is 2. The molecule has 2 aromatic heterocycles. The Hall–Kier alpha value is -3.40. The Labute approximate surface area is 207 Å². The SMILES string of the molecule is CCOC(=O)c1nn(-c2ccc(OC)cc2)c(=O)c2c(NC(=O)c3ccc(Cl)cc3Cl)scc12. The van der Waals surface area contributed by atoms with Gasteiger partial charge in [0.05, 0.1) is 35.4 Å². The molecule has 0 unspecified atom stereocenters. The lowest BCUT2D eigenvalue weighted by Gasteiger charge is -2.10. The predicted octanol–water partition coefficient (Wildman–Crippen LogP) is 5.19. The monoisotopic (exact) mass is 517 g/mol. The lowest BCUT2D eigenvalue weighted by Crippen LogP contribution is -2.25. The molecule has 34 heavy (non-hydrogen) atoms. The fourth-order valence-corrected chi connectivity index (χ4v) is 4.66. The van der Waals surface area contributed by atoms with Gasteiger partial charge in [0.2, 0.25) is 0 Å². The maximum absolute atomic E-state index is 13.5. The average Bonchev–Trinajstić information content (AvgIpc) is 3.23. The fraction of sp³-hybridized carbons (Fsp3) is 0.130. The summed E-state index contributed by atoms with van der Waals surface area (Å²) in [4.78, 5) is 39.0. The number of carbonyl (C=O) groups excluding carboxylic acids is 2. The first kappa shape index (κ1) is 23.7. The number of hydrogen-bond donors (Lipinski definition) is 1. The Bertz CT molecular complexity index is 1460. The van der Waals surface area contributed by atoms with Crippen LogP contribution in [0.3, 0.4) is 0 Å². The van der Waals surface area contributed by atoms with Gasteiger partial charge in [0.15, 0.2) is 5.69 Å². The van der Waals surface area contributed by atoms with Crippen LogP contribution in [0.5, 0.6) is 5.75 Å². The van der Waals surface area contributed by atoms with Crippen LogP contribution in [0.2, 0.25) is 10.0 Å². The first-order valence-corrected chi connectivity index (χ1v) is 11.6. The van der Waals surface area contributed by atoms with Crippen molar-refractivity contribution in [2.45, 2.75) is 6.92 Å². The van der Waals surface area contributed by atoms with Crippen LogP contribution in [0.25, 0.3) is 16.5 Å². The summed E-state index contributed by atoms with van der Waals surface area (Å²) >= 11 is 13.2. The summed E-state index contributed by atoms with van der Waals surface area (Å²) in [7, 11) is 1.53. The van der Waals surface area contributed by atoms with E-state index in [1.54, 1.807) is 36.6 Å². The number of halogens is 2. The highest BCUT2D eigenvalue weighted by Gasteiger charge is 2.24. The largest absolute Gasteiger partial charge is 0.497 e. The fourth-order valence-electron chi connectivity index (χ4n) is 3.23. The van der Waals surface area contributed by atoms with Gasteiger partial charge in [0.25, 0.3) is 11.5 Å². The number of anilines is 1. The van der Waals surface area contributed by atoms with Crippen LogP contribution in [-0.2, 0) is 4.74 Å². The standard InChI is InChI=1S/C23H17Cl2N3O5S/c1-3-33-23(31)19-16-11-34-21(26-20(29)15-9-4-12(24)10-17(15)25)18(16)22(30)28(27-19)13-5-7-14(32-2)8-6-13/h4-11H,3H2,1-2H3,(H,26,29). The summed E-state index contributed by atoms with van der Waals surface area (Å²) in [6.07, 6.45) is 0. The van der Waals surface area contributed by atoms with Crippen molar-refractivity contribution in [3.63, 3.8) is 0 Å². The first-order valence-electron chi connectivity index (χ1n) is 9.96. The van der Waals surface area contributed by atoms with E-state index in [1.165, 1.54) is 25.3 Å². The Balaban J connectivity index is 1.87. The number of esters is 1. The van der Waals surface area contributed by atoms with Crippen LogP contribution in [0.15, 0.2) is 52.6 Å². The maximum Gasteiger partial charge on any atom is 0.359 e. The van der Waals surface area contributed by atoms with E-state index in [0.717, 1.165) is 16.0 Å². The van der Waals surface area contributed by atoms with Gasteiger partial charge in [0.1, 0.15) is 10.8 Å². The molecule has 0 saturated carbocycles. The van der Waals surface area contributed by atoms with Gasteiger partial charge in [-0.15, -0.1) is 11.3 Å². The first-order chi connectivity index (χ1) is 16.3. The van der Waals surface area contributed by atoms with Gasteiger partial charge in [-0.3, -0.25) is 9.59 Å². The minimum absolute atomic E-state index is 0.0476. The number of hydrogen-bond acceptors (Lipinski definition) is 7. The highest BCUT2D eigenvalue weighted by atomic mass is 35.5. The number of nitrogens with one attached hydrogen (secondary N) is 1. The van der Waals surface area contributed by atoms with Crippen molar-refractivity contribution in [3.05, 3.63) is 79.5 Å². The summed E-state index contributed by atoms with van der Waals surface area (Å²) in [6, 6.07) is 11.1. The second-order valence-corrected chi connectivity index (χ2v) is 8.64. The third-order valence-corrected chi connectivity index (χ3v) is 6.28. The van der Waals surface area contributed by atoms with Crippen LogP contribution >= 0.6 is 34.5 Å². The predicted molar refractivity (Wildman–Crippen MR) is 132 cm³/mol. The molecule has 0 aliphatic heterocycles. The van der Waals surface area contributed by atoms with Crippen LogP contribution in [0, 0.1) is 0 Å². The smallest absolute Gasteiger partial charge is 0.359 e. The Morgan fingerprint density at radius 3 is 2.53 bits per heavy atom.